The first-order valence-corrected chi connectivity index (χ1v) is 8.26. The van der Waals surface area contributed by atoms with E-state index < -0.39 is 23.9 Å². The van der Waals surface area contributed by atoms with Gasteiger partial charge in [-0.15, -0.1) is 0 Å². The number of hydrogen-bond donors (Lipinski definition) is 2. The summed E-state index contributed by atoms with van der Waals surface area (Å²) in [6.45, 7) is 1.24. The third kappa shape index (κ3) is 4.75. The number of anilines is 1. The summed E-state index contributed by atoms with van der Waals surface area (Å²) in [4.78, 5) is 35.9. The van der Waals surface area contributed by atoms with Crippen LogP contribution in [0.25, 0.3) is 0 Å². The summed E-state index contributed by atoms with van der Waals surface area (Å²) in [5.74, 6) is -0.489. The van der Waals surface area contributed by atoms with Crippen LogP contribution in [0.4, 0.5) is 5.69 Å². The topological polar surface area (TPSA) is 103 Å². The Hall–Kier alpha value is -3.55. The summed E-state index contributed by atoms with van der Waals surface area (Å²) < 4.78 is 15.5. The van der Waals surface area contributed by atoms with Crippen LogP contribution in [-0.4, -0.2) is 37.2 Å². The Balaban J connectivity index is 1.46. The molecule has 0 spiro atoms. The van der Waals surface area contributed by atoms with Crippen molar-refractivity contribution in [2.75, 3.05) is 18.7 Å². The predicted molar refractivity (Wildman–Crippen MR) is 95.5 cm³/mol. The van der Waals surface area contributed by atoms with Crippen LogP contribution in [0.1, 0.15) is 17.3 Å². The van der Waals surface area contributed by atoms with Gasteiger partial charge in [-0.3, -0.25) is 14.4 Å². The van der Waals surface area contributed by atoms with Gasteiger partial charge in [0.25, 0.3) is 11.8 Å². The lowest BCUT2D eigenvalue weighted by Gasteiger charge is -2.14. The lowest BCUT2D eigenvalue weighted by molar-refractivity contribution is -0.152. The van der Waals surface area contributed by atoms with Crippen LogP contribution in [-0.2, 0) is 14.3 Å². The fourth-order valence-electron chi connectivity index (χ4n) is 2.35. The van der Waals surface area contributed by atoms with Gasteiger partial charge in [-0.25, -0.2) is 0 Å². The molecule has 8 nitrogen and oxygen atoms in total. The largest absolute Gasteiger partial charge is 0.454 e. The SMILES string of the molecule is C[C@H](OC(=O)CNC(=O)c1ccccc1)C(=O)Nc1ccc2c(c1)OCO2. The molecule has 1 aliphatic heterocycles. The predicted octanol–water partition coefficient (Wildman–Crippen LogP) is 1.72. The van der Waals surface area contributed by atoms with Crippen LogP contribution in [0.3, 0.4) is 0 Å². The van der Waals surface area contributed by atoms with Gasteiger partial charge < -0.3 is 24.8 Å². The maximum absolute atomic E-state index is 12.2. The Morgan fingerprint density at radius 3 is 2.59 bits per heavy atom. The zero-order valence-electron chi connectivity index (χ0n) is 14.6. The molecule has 0 aromatic heterocycles. The third-order valence-electron chi connectivity index (χ3n) is 3.75. The number of esters is 1. The van der Waals surface area contributed by atoms with Crippen LogP contribution < -0.4 is 20.1 Å². The minimum Gasteiger partial charge on any atom is -0.454 e. The summed E-state index contributed by atoms with van der Waals surface area (Å²) >= 11 is 0. The van der Waals surface area contributed by atoms with Crippen molar-refractivity contribution >= 4 is 23.5 Å². The Morgan fingerprint density at radius 2 is 1.81 bits per heavy atom. The molecular formula is C19H18N2O6. The van der Waals surface area contributed by atoms with Crippen molar-refractivity contribution in [1.29, 1.82) is 0 Å². The molecule has 0 fully saturated rings. The number of fused-ring (bicyclic) bond motifs is 1. The molecule has 2 N–H and O–H groups in total. The van der Waals surface area contributed by atoms with E-state index in [-0.39, 0.29) is 13.3 Å². The second-order valence-corrected chi connectivity index (χ2v) is 5.74. The van der Waals surface area contributed by atoms with E-state index in [1.165, 1.54) is 6.92 Å². The van der Waals surface area contributed by atoms with Crippen LogP contribution >= 0.6 is 0 Å². The Kier molecular flexibility index (Phi) is 5.55. The van der Waals surface area contributed by atoms with E-state index in [9.17, 15) is 14.4 Å². The molecule has 140 valence electrons. The van der Waals surface area contributed by atoms with Gasteiger partial charge in [-0.2, -0.15) is 0 Å². The van der Waals surface area contributed by atoms with Crippen molar-refractivity contribution in [3.05, 3.63) is 54.1 Å². The van der Waals surface area contributed by atoms with E-state index in [0.29, 0.717) is 22.7 Å². The number of rotatable bonds is 6. The molecule has 0 saturated heterocycles. The lowest BCUT2D eigenvalue weighted by atomic mass is 10.2. The molecule has 0 saturated carbocycles. The Labute approximate surface area is 155 Å². The summed E-state index contributed by atoms with van der Waals surface area (Å²) in [6.07, 6.45) is -1.03. The van der Waals surface area contributed by atoms with E-state index >= 15 is 0 Å². The van der Waals surface area contributed by atoms with Crippen molar-refractivity contribution in [1.82, 2.24) is 5.32 Å². The van der Waals surface area contributed by atoms with Gasteiger partial charge in [0.1, 0.15) is 6.54 Å². The first-order chi connectivity index (χ1) is 13.0. The van der Waals surface area contributed by atoms with Crippen molar-refractivity contribution in [2.24, 2.45) is 0 Å². The van der Waals surface area contributed by atoms with E-state index in [1.54, 1.807) is 48.5 Å². The normalized spacial score (nSPS) is 12.8. The number of amides is 2. The number of ether oxygens (including phenoxy) is 3. The number of hydrogen-bond acceptors (Lipinski definition) is 6. The quantitative estimate of drug-likeness (QED) is 0.751. The maximum Gasteiger partial charge on any atom is 0.326 e. The van der Waals surface area contributed by atoms with Crippen LogP contribution in [0.2, 0.25) is 0 Å². The molecule has 0 unspecified atom stereocenters. The molecule has 2 aromatic carbocycles. The number of carbonyl (C=O) groups excluding carboxylic acids is 3. The first kappa shape index (κ1) is 18.2. The van der Waals surface area contributed by atoms with Crippen molar-refractivity contribution in [3.8, 4) is 11.5 Å². The smallest absolute Gasteiger partial charge is 0.326 e. The standard InChI is InChI=1S/C19H18N2O6/c1-12(18(23)21-14-7-8-15-16(9-14)26-11-25-15)27-17(22)10-20-19(24)13-5-3-2-4-6-13/h2-9,12H,10-11H2,1H3,(H,20,24)(H,21,23)/t12-/m0/s1. The highest BCUT2D eigenvalue weighted by Crippen LogP contribution is 2.34. The van der Waals surface area contributed by atoms with Gasteiger partial charge in [0.15, 0.2) is 17.6 Å². The summed E-state index contributed by atoms with van der Waals surface area (Å²) in [5.41, 5.74) is 0.920. The molecule has 0 radical (unpaired) electrons. The Bertz CT molecular complexity index is 853. The van der Waals surface area contributed by atoms with E-state index in [4.69, 9.17) is 14.2 Å². The maximum atomic E-state index is 12.2. The fraction of sp³-hybridized carbons (Fsp3) is 0.211. The lowest BCUT2D eigenvalue weighted by Crippen LogP contribution is -2.35. The van der Waals surface area contributed by atoms with Gasteiger partial charge in [0, 0.05) is 17.3 Å². The van der Waals surface area contributed by atoms with Crippen LogP contribution in [0.15, 0.2) is 48.5 Å². The van der Waals surface area contributed by atoms with Crippen LogP contribution in [0, 0.1) is 0 Å². The van der Waals surface area contributed by atoms with E-state index in [0.717, 1.165) is 0 Å². The average Bonchev–Trinajstić information content (AvgIpc) is 3.14. The van der Waals surface area contributed by atoms with Gasteiger partial charge in [-0.05, 0) is 31.2 Å². The molecule has 1 atom stereocenters. The molecule has 2 aromatic rings. The summed E-state index contributed by atoms with van der Waals surface area (Å²) in [5, 5.41) is 5.07. The van der Waals surface area contributed by atoms with Crippen LogP contribution in [0.5, 0.6) is 11.5 Å². The molecule has 8 heteroatoms. The van der Waals surface area contributed by atoms with Gasteiger partial charge in [-0.1, -0.05) is 18.2 Å². The molecular weight excluding hydrogens is 352 g/mol. The monoisotopic (exact) mass is 370 g/mol. The van der Waals surface area contributed by atoms with E-state index in [2.05, 4.69) is 10.6 Å². The molecule has 1 aliphatic rings. The molecule has 0 bridgehead atoms. The highest BCUT2D eigenvalue weighted by molar-refractivity contribution is 5.97. The average molecular weight is 370 g/mol. The molecule has 2 amide bonds. The Morgan fingerprint density at radius 1 is 1.07 bits per heavy atom. The number of nitrogens with one attached hydrogen (secondary N) is 2. The highest BCUT2D eigenvalue weighted by Gasteiger charge is 2.20. The van der Waals surface area contributed by atoms with Gasteiger partial charge in [0.05, 0.1) is 0 Å². The van der Waals surface area contributed by atoms with E-state index in [1.807, 2.05) is 0 Å². The minimum absolute atomic E-state index is 0.134. The molecule has 0 aliphatic carbocycles. The number of benzene rings is 2. The minimum atomic E-state index is -1.03. The van der Waals surface area contributed by atoms with Crippen molar-refractivity contribution < 1.29 is 28.6 Å². The molecule has 27 heavy (non-hydrogen) atoms. The van der Waals surface area contributed by atoms with Gasteiger partial charge in [0.2, 0.25) is 6.79 Å². The van der Waals surface area contributed by atoms with Crippen molar-refractivity contribution in [2.45, 2.75) is 13.0 Å². The summed E-state index contributed by atoms with van der Waals surface area (Å²) in [6, 6.07) is 13.4. The zero-order valence-corrected chi connectivity index (χ0v) is 14.6. The molecule has 3 rings (SSSR count). The number of carbonyl (C=O) groups is 3. The highest BCUT2D eigenvalue weighted by atomic mass is 16.7. The fourth-order valence-corrected chi connectivity index (χ4v) is 2.35. The second-order valence-electron chi connectivity index (χ2n) is 5.74. The summed E-state index contributed by atoms with van der Waals surface area (Å²) in [7, 11) is 0. The third-order valence-corrected chi connectivity index (χ3v) is 3.75. The molecule has 1 heterocycles. The van der Waals surface area contributed by atoms with Gasteiger partial charge >= 0.3 is 5.97 Å². The zero-order chi connectivity index (χ0) is 19.2. The second kappa shape index (κ2) is 8.22. The first-order valence-electron chi connectivity index (χ1n) is 8.26. The van der Waals surface area contributed by atoms with Crippen molar-refractivity contribution in [3.63, 3.8) is 0 Å².